The Labute approximate surface area is 227 Å². The number of unbranched alkanes of at least 4 members (excludes halogenated alkanes) is 3. The third-order valence-electron chi connectivity index (χ3n) is 6.05. The first-order chi connectivity index (χ1) is 18.3. The molecule has 0 aromatic carbocycles. The van der Waals surface area contributed by atoms with Crippen molar-refractivity contribution in [3.63, 3.8) is 0 Å². The monoisotopic (exact) mass is 546 g/mol. The molecular formula is C25H50N6O7. The summed E-state index contributed by atoms with van der Waals surface area (Å²) >= 11 is 0. The van der Waals surface area contributed by atoms with Crippen molar-refractivity contribution >= 4 is 23.9 Å². The molecule has 0 radical (unpaired) electrons. The average Bonchev–Trinajstić information content (AvgIpc) is 2.92. The number of likely N-dealkylation sites (N-methyl/N-ethyl adjacent to an activating group) is 2. The predicted molar refractivity (Wildman–Crippen MR) is 144 cm³/mol. The smallest absolute Gasteiger partial charge is 0.323 e. The van der Waals surface area contributed by atoms with Crippen LogP contribution < -0.4 is 32.3 Å². The zero-order valence-electron chi connectivity index (χ0n) is 23.6. The molecule has 0 aliphatic carbocycles. The van der Waals surface area contributed by atoms with Crippen molar-refractivity contribution in [3.8, 4) is 0 Å². The van der Waals surface area contributed by atoms with Crippen LogP contribution in [0.2, 0.25) is 0 Å². The third kappa shape index (κ3) is 17.1. The van der Waals surface area contributed by atoms with Crippen molar-refractivity contribution in [2.24, 2.45) is 5.73 Å². The highest BCUT2D eigenvalue weighted by atomic mass is 16.5. The highest BCUT2D eigenvalue weighted by Gasteiger charge is 2.20. The average molecular weight is 547 g/mol. The molecule has 0 aromatic rings. The molecule has 0 aliphatic heterocycles. The van der Waals surface area contributed by atoms with Gasteiger partial charge in [-0.15, -0.1) is 0 Å². The van der Waals surface area contributed by atoms with Gasteiger partial charge in [-0.3, -0.25) is 14.4 Å². The molecule has 0 heterocycles. The summed E-state index contributed by atoms with van der Waals surface area (Å²) in [4.78, 5) is 47.6. The first-order valence-electron chi connectivity index (χ1n) is 13.5. The van der Waals surface area contributed by atoms with E-state index in [4.69, 9.17) is 19.9 Å². The van der Waals surface area contributed by atoms with Crippen molar-refractivity contribution in [1.82, 2.24) is 26.6 Å². The lowest BCUT2D eigenvalue weighted by molar-refractivity contribution is -0.146. The van der Waals surface area contributed by atoms with Crippen LogP contribution in [0.1, 0.15) is 57.8 Å². The molecule has 13 nitrogen and oxygen atoms in total. The number of hydrogen-bond acceptors (Lipinski definition) is 11. The Balaban J connectivity index is 3.99. The lowest BCUT2D eigenvalue weighted by atomic mass is 10.1. The van der Waals surface area contributed by atoms with Gasteiger partial charge < -0.3 is 46.5 Å². The number of methoxy groups -OCH3 is 2. The van der Waals surface area contributed by atoms with E-state index in [2.05, 4.69) is 26.6 Å². The molecule has 0 saturated heterocycles. The normalized spacial score (nSPS) is 13.2. The lowest BCUT2D eigenvalue weighted by Crippen LogP contribution is -2.41. The van der Waals surface area contributed by atoms with Gasteiger partial charge in [-0.1, -0.05) is 6.42 Å². The van der Waals surface area contributed by atoms with Crippen LogP contribution in [0, 0.1) is 0 Å². The maximum Gasteiger partial charge on any atom is 0.323 e. The second-order valence-corrected chi connectivity index (χ2v) is 8.86. The molecule has 0 bridgehead atoms. The molecule has 222 valence electrons. The summed E-state index contributed by atoms with van der Waals surface area (Å²) in [6.07, 6.45) is 6.42. The fourth-order valence-corrected chi connectivity index (χ4v) is 3.74. The van der Waals surface area contributed by atoms with E-state index in [-0.39, 0.29) is 36.6 Å². The van der Waals surface area contributed by atoms with E-state index in [1.807, 2.05) is 0 Å². The summed E-state index contributed by atoms with van der Waals surface area (Å²) in [6, 6.07) is -1.48. The highest BCUT2D eigenvalue weighted by molar-refractivity contribution is 5.76. The number of carbonyl (C=O) groups excluding carboxylic acids is 4. The minimum absolute atomic E-state index is 0.140. The summed E-state index contributed by atoms with van der Waals surface area (Å²) < 4.78 is 14.9. The quantitative estimate of drug-likeness (QED) is 0.0566. The van der Waals surface area contributed by atoms with E-state index in [9.17, 15) is 19.2 Å². The largest absolute Gasteiger partial charge is 0.468 e. The molecule has 13 heteroatoms. The van der Waals surface area contributed by atoms with E-state index in [0.717, 1.165) is 32.1 Å². The van der Waals surface area contributed by atoms with Gasteiger partial charge in [0, 0.05) is 19.6 Å². The molecule has 38 heavy (non-hydrogen) atoms. The van der Waals surface area contributed by atoms with E-state index in [0.29, 0.717) is 51.9 Å². The van der Waals surface area contributed by atoms with Gasteiger partial charge in [0.05, 0.1) is 14.2 Å². The number of carbonyl (C=O) groups is 4. The van der Waals surface area contributed by atoms with Crippen LogP contribution in [0.25, 0.3) is 0 Å². The van der Waals surface area contributed by atoms with Gasteiger partial charge in [-0.25, -0.2) is 4.79 Å². The van der Waals surface area contributed by atoms with Crippen molar-refractivity contribution in [2.45, 2.75) is 75.9 Å². The molecular weight excluding hydrogens is 496 g/mol. The molecule has 0 aliphatic rings. The Hall–Kier alpha value is -2.48. The summed E-state index contributed by atoms with van der Waals surface area (Å²) in [5.74, 6) is -0.991. The van der Waals surface area contributed by atoms with Crippen LogP contribution in [-0.2, 0) is 28.6 Å². The fourth-order valence-electron chi connectivity index (χ4n) is 3.74. The van der Waals surface area contributed by atoms with Crippen molar-refractivity contribution in [1.29, 1.82) is 0 Å². The van der Waals surface area contributed by atoms with Gasteiger partial charge in [0.1, 0.15) is 24.7 Å². The van der Waals surface area contributed by atoms with Gasteiger partial charge >= 0.3 is 23.9 Å². The fraction of sp³-hybridized carbons (Fsp3) is 0.840. The summed E-state index contributed by atoms with van der Waals surface area (Å²) in [6.45, 7) is 2.05. The molecule has 0 fully saturated rings. The molecule has 2 amide bonds. The molecule has 3 unspecified atom stereocenters. The van der Waals surface area contributed by atoms with Gasteiger partial charge in [0.25, 0.3) is 0 Å². The SMILES string of the molecule is CNC(CCCCNC(=O)NCCCCC(NC)C(=O)OCCNC(CCCCN)C(=O)OC)C(=O)OC. The van der Waals surface area contributed by atoms with Crippen LogP contribution in [0.3, 0.4) is 0 Å². The van der Waals surface area contributed by atoms with Crippen LogP contribution in [0.5, 0.6) is 0 Å². The van der Waals surface area contributed by atoms with Gasteiger partial charge in [0.2, 0.25) is 0 Å². The Morgan fingerprint density at radius 3 is 1.63 bits per heavy atom. The zero-order chi connectivity index (χ0) is 28.6. The minimum atomic E-state index is -0.452. The Morgan fingerprint density at radius 2 is 1.13 bits per heavy atom. The van der Waals surface area contributed by atoms with Crippen molar-refractivity contribution < 1.29 is 33.4 Å². The molecule has 0 rings (SSSR count). The summed E-state index contributed by atoms with van der Waals surface area (Å²) in [7, 11) is 6.12. The Bertz CT molecular complexity index is 668. The van der Waals surface area contributed by atoms with Crippen molar-refractivity contribution in [2.75, 3.05) is 61.1 Å². The maximum atomic E-state index is 12.4. The third-order valence-corrected chi connectivity index (χ3v) is 6.05. The minimum Gasteiger partial charge on any atom is -0.468 e. The highest BCUT2D eigenvalue weighted by Crippen LogP contribution is 2.05. The van der Waals surface area contributed by atoms with E-state index in [1.54, 1.807) is 14.1 Å². The zero-order valence-corrected chi connectivity index (χ0v) is 23.6. The van der Waals surface area contributed by atoms with E-state index < -0.39 is 12.1 Å². The summed E-state index contributed by atoms with van der Waals surface area (Å²) in [5, 5.41) is 14.5. The number of nitrogens with two attached hydrogens (primary N) is 1. The van der Waals surface area contributed by atoms with Gasteiger partial charge in [-0.2, -0.15) is 0 Å². The second-order valence-electron chi connectivity index (χ2n) is 8.86. The molecule has 7 N–H and O–H groups in total. The van der Waals surface area contributed by atoms with Gasteiger partial charge in [0.15, 0.2) is 0 Å². The number of hydrogen-bond donors (Lipinski definition) is 6. The van der Waals surface area contributed by atoms with Crippen LogP contribution >= 0.6 is 0 Å². The van der Waals surface area contributed by atoms with Crippen LogP contribution in [0.15, 0.2) is 0 Å². The van der Waals surface area contributed by atoms with Crippen LogP contribution in [-0.4, -0.2) is 103 Å². The lowest BCUT2D eigenvalue weighted by Gasteiger charge is -2.18. The van der Waals surface area contributed by atoms with Gasteiger partial charge in [-0.05, 0) is 72.0 Å². The number of urea groups is 1. The van der Waals surface area contributed by atoms with Crippen molar-refractivity contribution in [3.05, 3.63) is 0 Å². The predicted octanol–water partition coefficient (Wildman–Crippen LogP) is -0.221. The maximum absolute atomic E-state index is 12.4. The van der Waals surface area contributed by atoms with E-state index >= 15 is 0 Å². The van der Waals surface area contributed by atoms with E-state index in [1.165, 1.54) is 14.2 Å². The first-order valence-corrected chi connectivity index (χ1v) is 13.5. The molecule has 0 aromatic heterocycles. The molecule has 3 atom stereocenters. The van der Waals surface area contributed by atoms with Crippen LogP contribution in [0.4, 0.5) is 4.79 Å². The standard InChI is InChI=1S/C25H50N6O7/c1-27-19(22(32)36-3)11-6-9-15-30-25(35)31-16-10-7-12-20(28-2)24(34)38-18-17-29-21(23(33)37-4)13-5-8-14-26/h19-21,27-29H,5-18,26H2,1-4H3,(H2,30,31,35). The number of esters is 3. The molecule has 0 spiro atoms. The number of rotatable bonds is 23. The molecule has 0 saturated carbocycles. The number of amides is 2. The Kier molecular flexibility index (Phi) is 22.1. The number of ether oxygens (including phenoxy) is 3. The topological polar surface area (TPSA) is 182 Å². The number of nitrogens with one attached hydrogen (secondary N) is 5. The summed E-state index contributed by atoms with van der Waals surface area (Å²) in [5.41, 5.74) is 5.50. The first kappa shape index (κ1) is 35.5. The second kappa shape index (κ2) is 23.6. The Morgan fingerprint density at radius 1 is 0.658 bits per heavy atom.